The molecule has 0 bridgehead atoms. The second-order valence-electron chi connectivity index (χ2n) is 3.10. The van der Waals surface area contributed by atoms with Crippen LogP contribution in [0.15, 0.2) is 29.0 Å². The highest BCUT2D eigenvalue weighted by molar-refractivity contribution is 9.10. The first-order valence-corrected chi connectivity index (χ1v) is 5.24. The minimum atomic E-state index is -0.763. The maximum absolute atomic E-state index is 13.4. The third-order valence-corrected chi connectivity index (χ3v) is 2.51. The second kappa shape index (κ2) is 4.70. The van der Waals surface area contributed by atoms with E-state index in [1.165, 1.54) is 0 Å². The topological polar surface area (TPSA) is 37.8 Å². The van der Waals surface area contributed by atoms with Gasteiger partial charge in [-0.05, 0) is 22.0 Å². The Morgan fingerprint density at radius 3 is 2.47 bits per heavy atom. The van der Waals surface area contributed by atoms with Crippen molar-refractivity contribution in [1.29, 1.82) is 0 Å². The largest absolute Gasteiger partial charge is 0.338 e. The SMILES string of the molecule is Fc1cc(Nc2cc(F)c(Br)cc2F)ncn1. The highest BCUT2D eigenvalue weighted by Crippen LogP contribution is 2.25. The van der Waals surface area contributed by atoms with E-state index < -0.39 is 17.6 Å². The van der Waals surface area contributed by atoms with Crippen LogP contribution in [0.1, 0.15) is 0 Å². The van der Waals surface area contributed by atoms with Gasteiger partial charge in [0.25, 0.3) is 0 Å². The summed E-state index contributed by atoms with van der Waals surface area (Å²) in [5.74, 6) is -2.04. The first kappa shape index (κ1) is 11.8. The molecule has 0 amide bonds. The molecule has 0 unspecified atom stereocenters. The lowest BCUT2D eigenvalue weighted by atomic mass is 10.3. The summed E-state index contributed by atoms with van der Waals surface area (Å²) in [7, 11) is 0. The van der Waals surface area contributed by atoms with E-state index in [-0.39, 0.29) is 16.0 Å². The zero-order valence-corrected chi connectivity index (χ0v) is 9.80. The Bertz CT molecular complexity index is 562. The van der Waals surface area contributed by atoms with Gasteiger partial charge in [-0.15, -0.1) is 0 Å². The molecule has 7 heteroatoms. The van der Waals surface area contributed by atoms with Gasteiger partial charge in [-0.1, -0.05) is 0 Å². The molecule has 1 N–H and O–H groups in total. The Morgan fingerprint density at radius 1 is 1.00 bits per heavy atom. The normalized spacial score (nSPS) is 10.4. The summed E-state index contributed by atoms with van der Waals surface area (Å²) in [6.45, 7) is 0. The molecule has 0 radical (unpaired) electrons. The zero-order valence-electron chi connectivity index (χ0n) is 8.22. The summed E-state index contributed by atoms with van der Waals surface area (Å²) in [4.78, 5) is 6.91. The van der Waals surface area contributed by atoms with E-state index in [1.807, 2.05) is 0 Å². The molecule has 2 aromatic rings. The number of nitrogens with one attached hydrogen (secondary N) is 1. The lowest BCUT2D eigenvalue weighted by Crippen LogP contribution is -1.99. The van der Waals surface area contributed by atoms with Crippen molar-refractivity contribution < 1.29 is 13.2 Å². The summed E-state index contributed by atoms with van der Waals surface area (Å²) in [6, 6.07) is 2.88. The molecule has 1 heterocycles. The van der Waals surface area contributed by atoms with Crippen LogP contribution in [-0.2, 0) is 0 Å². The van der Waals surface area contributed by atoms with E-state index in [9.17, 15) is 13.2 Å². The summed E-state index contributed by atoms with van der Waals surface area (Å²) in [6.07, 6.45) is 0.977. The number of anilines is 2. The molecule has 17 heavy (non-hydrogen) atoms. The Morgan fingerprint density at radius 2 is 1.76 bits per heavy atom. The summed E-state index contributed by atoms with van der Waals surface area (Å²) in [5.41, 5.74) is -0.135. The predicted molar refractivity (Wildman–Crippen MR) is 59.3 cm³/mol. The monoisotopic (exact) mass is 303 g/mol. The van der Waals surface area contributed by atoms with Crippen LogP contribution >= 0.6 is 15.9 Å². The van der Waals surface area contributed by atoms with Crippen molar-refractivity contribution >= 4 is 27.4 Å². The molecule has 0 atom stereocenters. The zero-order chi connectivity index (χ0) is 12.4. The third-order valence-electron chi connectivity index (χ3n) is 1.91. The van der Waals surface area contributed by atoms with Crippen molar-refractivity contribution in [3.63, 3.8) is 0 Å². The van der Waals surface area contributed by atoms with Gasteiger partial charge in [0.1, 0.15) is 23.8 Å². The number of rotatable bonds is 2. The van der Waals surface area contributed by atoms with Gasteiger partial charge in [-0.3, -0.25) is 0 Å². The fraction of sp³-hybridized carbons (Fsp3) is 0. The Balaban J connectivity index is 2.33. The molecule has 1 aromatic heterocycles. The van der Waals surface area contributed by atoms with E-state index in [0.717, 1.165) is 24.5 Å². The molecule has 0 aliphatic carbocycles. The average molecular weight is 304 g/mol. The number of benzene rings is 1. The first-order chi connectivity index (χ1) is 8.06. The molecular weight excluding hydrogens is 299 g/mol. The van der Waals surface area contributed by atoms with Gasteiger partial charge in [0, 0.05) is 12.1 Å². The molecular formula is C10H5BrF3N3. The molecule has 3 nitrogen and oxygen atoms in total. The highest BCUT2D eigenvalue weighted by Gasteiger charge is 2.09. The quantitative estimate of drug-likeness (QED) is 0.682. The molecule has 0 aliphatic rings. The van der Waals surface area contributed by atoms with E-state index in [2.05, 4.69) is 31.2 Å². The summed E-state index contributed by atoms with van der Waals surface area (Å²) < 4.78 is 39.4. The van der Waals surface area contributed by atoms with Gasteiger partial charge in [-0.2, -0.15) is 4.39 Å². The molecule has 0 saturated carbocycles. The van der Waals surface area contributed by atoms with Crippen LogP contribution in [0.25, 0.3) is 0 Å². The molecule has 0 fully saturated rings. The maximum atomic E-state index is 13.4. The molecule has 88 valence electrons. The van der Waals surface area contributed by atoms with Crippen molar-refractivity contribution in [1.82, 2.24) is 9.97 Å². The Kier molecular flexibility index (Phi) is 3.28. The molecule has 2 rings (SSSR count). The molecule has 0 aliphatic heterocycles. The number of nitrogens with zero attached hydrogens (tertiary/aromatic N) is 2. The van der Waals surface area contributed by atoms with Crippen LogP contribution in [0.4, 0.5) is 24.7 Å². The van der Waals surface area contributed by atoms with Crippen molar-refractivity contribution in [2.45, 2.75) is 0 Å². The van der Waals surface area contributed by atoms with E-state index in [1.54, 1.807) is 0 Å². The average Bonchev–Trinajstić information content (AvgIpc) is 2.26. The number of halogens is 4. The Labute approximate surface area is 103 Å². The Hall–Kier alpha value is -1.63. The highest BCUT2D eigenvalue weighted by atomic mass is 79.9. The van der Waals surface area contributed by atoms with Crippen LogP contribution in [0.3, 0.4) is 0 Å². The first-order valence-electron chi connectivity index (χ1n) is 4.45. The van der Waals surface area contributed by atoms with Gasteiger partial charge in [-0.25, -0.2) is 18.7 Å². The van der Waals surface area contributed by atoms with Crippen LogP contribution in [0.5, 0.6) is 0 Å². The van der Waals surface area contributed by atoms with E-state index >= 15 is 0 Å². The van der Waals surface area contributed by atoms with Gasteiger partial charge in [0.05, 0.1) is 10.2 Å². The summed E-state index contributed by atoms with van der Waals surface area (Å²) in [5, 5.41) is 2.45. The fourth-order valence-corrected chi connectivity index (χ4v) is 1.47. The number of hydrogen-bond acceptors (Lipinski definition) is 3. The van der Waals surface area contributed by atoms with Crippen molar-refractivity contribution in [2.75, 3.05) is 5.32 Å². The van der Waals surface area contributed by atoms with Crippen LogP contribution in [0, 0.1) is 17.6 Å². The van der Waals surface area contributed by atoms with E-state index in [0.29, 0.717) is 0 Å². The molecule has 0 spiro atoms. The molecule has 1 aromatic carbocycles. The van der Waals surface area contributed by atoms with Crippen LogP contribution in [0.2, 0.25) is 0 Å². The fourth-order valence-electron chi connectivity index (χ4n) is 1.16. The van der Waals surface area contributed by atoms with Gasteiger partial charge < -0.3 is 5.32 Å². The van der Waals surface area contributed by atoms with Crippen molar-refractivity contribution in [3.8, 4) is 0 Å². The smallest absolute Gasteiger partial charge is 0.218 e. The number of aromatic nitrogens is 2. The van der Waals surface area contributed by atoms with Gasteiger partial charge in [0.15, 0.2) is 0 Å². The standard InChI is InChI=1S/C10H5BrF3N3/c11-5-1-7(13)8(2-6(5)12)17-10-3-9(14)15-4-16-10/h1-4H,(H,15,16,17). The van der Waals surface area contributed by atoms with Crippen LogP contribution in [-0.4, -0.2) is 9.97 Å². The minimum Gasteiger partial charge on any atom is -0.338 e. The van der Waals surface area contributed by atoms with Crippen molar-refractivity contribution in [3.05, 3.63) is 46.6 Å². The lowest BCUT2D eigenvalue weighted by molar-refractivity contribution is 0.580. The number of hydrogen-bond donors (Lipinski definition) is 1. The summed E-state index contributed by atoms with van der Waals surface area (Å²) >= 11 is 2.85. The molecule has 0 saturated heterocycles. The van der Waals surface area contributed by atoms with Gasteiger partial charge >= 0.3 is 0 Å². The second-order valence-corrected chi connectivity index (χ2v) is 3.95. The van der Waals surface area contributed by atoms with Crippen molar-refractivity contribution in [2.24, 2.45) is 0 Å². The lowest BCUT2D eigenvalue weighted by Gasteiger charge is -2.07. The van der Waals surface area contributed by atoms with Crippen LogP contribution < -0.4 is 5.32 Å². The maximum Gasteiger partial charge on any atom is 0.218 e. The minimum absolute atomic E-state index is 0.00872. The third kappa shape index (κ3) is 2.73. The van der Waals surface area contributed by atoms with Gasteiger partial charge in [0.2, 0.25) is 5.95 Å². The van der Waals surface area contributed by atoms with E-state index in [4.69, 9.17) is 0 Å². The predicted octanol–water partition coefficient (Wildman–Crippen LogP) is 3.40.